The van der Waals surface area contributed by atoms with Gasteiger partial charge in [0, 0.05) is 16.1 Å². The quantitative estimate of drug-likeness (QED) is 0.511. The molecule has 4 N–H and O–H groups in total. The zero-order chi connectivity index (χ0) is 13.7. The zero-order valence-corrected chi connectivity index (χ0v) is 10.9. The first-order chi connectivity index (χ1) is 9.26. The Labute approximate surface area is 116 Å². The lowest BCUT2D eigenvalue weighted by molar-refractivity contribution is 1.23. The van der Waals surface area contributed by atoms with E-state index in [1.54, 1.807) is 12.1 Å². The molecule has 0 aliphatic heterocycles. The van der Waals surface area contributed by atoms with Gasteiger partial charge in [-0.05, 0) is 12.1 Å². The molecule has 0 bridgehead atoms. The van der Waals surface area contributed by atoms with Gasteiger partial charge in [0.2, 0.25) is 0 Å². The van der Waals surface area contributed by atoms with Gasteiger partial charge in [0.1, 0.15) is 11.4 Å². The lowest BCUT2D eigenvalue weighted by atomic mass is 10.00. The van der Waals surface area contributed by atoms with Gasteiger partial charge in [0.15, 0.2) is 0 Å². The molecule has 5 heteroatoms. The van der Waals surface area contributed by atoms with Crippen molar-refractivity contribution in [2.45, 2.75) is 0 Å². The molecule has 2 aromatic carbocycles. The fourth-order valence-corrected chi connectivity index (χ4v) is 1.97. The number of nitrogens with two attached hydrogens (primary N) is 2. The first-order valence-electron chi connectivity index (χ1n) is 5.63. The van der Waals surface area contributed by atoms with Crippen LogP contribution in [-0.4, -0.2) is 11.4 Å². The van der Waals surface area contributed by atoms with E-state index in [0.717, 1.165) is 11.1 Å². The lowest BCUT2D eigenvalue weighted by Crippen LogP contribution is -2.20. The van der Waals surface area contributed by atoms with Gasteiger partial charge in [-0.1, -0.05) is 54.1 Å². The molecular weight excluding hydrogens is 260 g/mol. The Kier molecular flexibility index (Phi) is 4.15. The second kappa shape index (κ2) is 6.02. The number of hydrogen-bond donors (Lipinski definition) is 2. The molecule has 0 aliphatic rings. The molecule has 0 spiro atoms. The van der Waals surface area contributed by atoms with Crippen molar-refractivity contribution < 1.29 is 0 Å². The van der Waals surface area contributed by atoms with Crippen LogP contribution in [0.3, 0.4) is 0 Å². The molecule has 96 valence electrons. The second-order valence-electron chi connectivity index (χ2n) is 3.83. The van der Waals surface area contributed by atoms with Crippen molar-refractivity contribution in [3.05, 3.63) is 70.7 Å². The molecule has 2 aromatic rings. The maximum atomic E-state index is 5.97. The Morgan fingerprint density at radius 1 is 0.789 bits per heavy atom. The molecule has 0 fully saturated rings. The molecule has 0 aromatic heterocycles. The van der Waals surface area contributed by atoms with Gasteiger partial charge >= 0.3 is 0 Å². The van der Waals surface area contributed by atoms with E-state index in [4.69, 9.17) is 23.3 Å². The first-order valence-corrected chi connectivity index (χ1v) is 6.01. The van der Waals surface area contributed by atoms with Crippen molar-refractivity contribution >= 4 is 23.0 Å². The van der Waals surface area contributed by atoms with Crippen molar-refractivity contribution in [2.24, 2.45) is 21.9 Å². The topological polar surface area (TPSA) is 76.8 Å². The standard InChI is InChI=1S/C14H13ClN4/c15-12-8-4-7-11(9-12)14(19-17)13(18-16)10-5-2-1-3-6-10/h1-9H,16-17H2. The first kappa shape index (κ1) is 13.1. The van der Waals surface area contributed by atoms with Crippen LogP contribution >= 0.6 is 11.6 Å². The average molecular weight is 273 g/mol. The lowest BCUT2D eigenvalue weighted by Gasteiger charge is -2.08. The predicted molar refractivity (Wildman–Crippen MR) is 79.3 cm³/mol. The minimum atomic E-state index is 0.496. The van der Waals surface area contributed by atoms with E-state index in [0.29, 0.717) is 16.4 Å². The normalized spacial score (nSPS) is 12.5. The minimum Gasteiger partial charge on any atom is -0.323 e. The predicted octanol–water partition coefficient (Wildman–Crippen LogP) is 2.37. The van der Waals surface area contributed by atoms with Crippen molar-refractivity contribution in [1.29, 1.82) is 0 Å². The van der Waals surface area contributed by atoms with Crippen LogP contribution in [0.1, 0.15) is 11.1 Å². The fraction of sp³-hybridized carbons (Fsp3) is 0. The van der Waals surface area contributed by atoms with Crippen LogP contribution in [0.4, 0.5) is 0 Å². The van der Waals surface area contributed by atoms with Gasteiger partial charge in [0.05, 0.1) is 0 Å². The van der Waals surface area contributed by atoms with E-state index < -0.39 is 0 Å². The smallest absolute Gasteiger partial charge is 0.118 e. The zero-order valence-electron chi connectivity index (χ0n) is 10.1. The summed E-state index contributed by atoms with van der Waals surface area (Å²) in [4.78, 5) is 0. The third-order valence-corrected chi connectivity index (χ3v) is 2.86. The van der Waals surface area contributed by atoms with Gasteiger partial charge < -0.3 is 11.7 Å². The van der Waals surface area contributed by atoms with Crippen LogP contribution in [0.2, 0.25) is 5.02 Å². The molecule has 2 rings (SSSR count). The van der Waals surface area contributed by atoms with Gasteiger partial charge in [-0.25, -0.2) is 0 Å². The molecular formula is C14H13ClN4. The SMILES string of the molecule is NN=C(C(=NN)c1cccc(Cl)c1)c1ccccc1. The summed E-state index contributed by atoms with van der Waals surface area (Å²) in [7, 11) is 0. The Balaban J connectivity index is 2.48. The minimum absolute atomic E-state index is 0.496. The Morgan fingerprint density at radius 2 is 1.37 bits per heavy atom. The summed E-state index contributed by atoms with van der Waals surface area (Å²) in [5, 5.41) is 8.19. The molecule has 0 amide bonds. The van der Waals surface area contributed by atoms with Crippen LogP contribution in [0.25, 0.3) is 0 Å². The Hall–Kier alpha value is -2.33. The van der Waals surface area contributed by atoms with Crippen molar-refractivity contribution in [3.8, 4) is 0 Å². The third-order valence-electron chi connectivity index (χ3n) is 2.63. The summed E-state index contributed by atoms with van der Waals surface area (Å²) in [6.45, 7) is 0. The Bertz CT molecular complexity index is 620. The molecule has 0 saturated carbocycles. The van der Waals surface area contributed by atoms with Crippen molar-refractivity contribution in [1.82, 2.24) is 0 Å². The molecule has 0 unspecified atom stereocenters. The van der Waals surface area contributed by atoms with Crippen molar-refractivity contribution in [2.75, 3.05) is 0 Å². The summed E-state index contributed by atoms with van der Waals surface area (Å²) in [6, 6.07) is 16.7. The monoisotopic (exact) mass is 272 g/mol. The van der Waals surface area contributed by atoms with Gasteiger partial charge in [-0.2, -0.15) is 10.2 Å². The van der Waals surface area contributed by atoms with Crippen LogP contribution in [0.5, 0.6) is 0 Å². The maximum Gasteiger partial charge on any atom is 0.118 e. The molecule has 19 heavy (non-hydrogen) atoms. The van der Waals surface area contributed by atoms with Crippen LogP contribution in [0.15, 0.2) is 64.8 Å². The van der Waals surface area contributed by atoms with E-state index >= 15 is 0 Å². The molecule has 0 radical (unpaired) electrons. The third kappa shape index (κ3) is 2.92. The van der Waals surface area contributed by atoms with Crippen LogP contribution < -0.4 is 11.7 Å². The molecule has 0 heterocycles. The summed E-state index contributed by atoms with van der Waals surface area (Å²) in [5.74, 6) is 11.0. The van der Waals surface area contributed by atoms with E-state index in [1.807, 2.05) is 42.5 Å². The summed E-state index contributed by atoms with van der Waals surface area (Å²) in [5.41, 5.74) is 2.62. The average Bonchev–Trinajstić information content (AvgIpc) is 2.45. The second-order valence-corrected chi connectivity index (χ2v) is 4.27. The molecule has 0 saturated heterocycles. The van der Waals surface area contributed by atoms with Crippen LogP contribution in [-0.2, 0) is 0 Å². The number of hydrogen-bond acceptors (Lipinski definition) is 4. The number of benzene rings is 2. The van der Waals surface area contributed by atoms with E-state index in [9.17, 15) is 0 Å². The highest BCUT2D eigenvalue weighted by atomic mass is 35.5. The highest BCUT2D eigenvalue weighted by Gasteiger charge is 2.14. The molecule has 0 aliphatic carbocycles. The van der Waals surface area contributed by atoms with Crippen molar-refractivity contribution in [3.63, 3.8) is 0 Å². The Morgan fingerprint density at radius 3 is 1.95 bits per heavy atom. The summed E-state index contributed by atoms with van der Waals surface area (Å²) < 4.78 is 0. The maximum absolute atomic E-state index is 5.97. The fourth-order valence-electron chi connectivity index (χ4n) is 1.78. The van der Waals surface area contributed by atoms with E-state index in [2.05, 4.69) is 10.2 Å². The van der Waals surface area contributed by atoms with Crippen LogP contribution in [0, 0.1) is 0 Å². The van der Waals surface area contributed by atoms with Gasteiger partial charge in [0.25, 0.3) is 0 Å². The van der Waals surface area contributed by atoms with Gasteiger partial charge in [-0.15, -0.1) is 0 Å². The molecule has 0 atom stereocenters. The van der Waals surface area contributed by atoms with E-state index in [-0.39, 0.29) is 0 Å². The number of rotatable bonds is 3. The number of nitrogens with zero attached hydrogens (tertiary/aromatic N) is 2. The largest absolute Gasteiger partial charge is 0.323 e. The highest BCUT2D eigenvalue weighted by Crippen LogP contribution is 2.14. The summed E-state index contributed by atoms with van der Waals surface area (Å²) in [6.07, 6.45) is 0. The highest BCUT2D eigenvalue weighted by molar-refractivity contribution is 6.53. The summed E-state index contributed by atoms with van der Waals surface area (Å²) >= 11 is 5.97. The number of halogens is 1. The number of hydrazone groups is 2. The molecule has 4 nitrogen and oxygen atoms in total. The van der Waals surface area contributed by atoms with E-state index in [1.165, 1.54) is 0 Å². The van der Waals surface area contributed by atoms with Gasteiger partial charge in [-0.3, -0.25) is 0 Å².